The number of aliphatic hydroxyl groups is 1. The van der Waals surface area contributed by atoms with Gasteiger partial charge in [0.05, 0.1) is 31.6 Å². The fraction of sp³-hybridized carbons (Fsp3) is 0.643. The molecule has 1 aromatic carbocycles. The molecule has 236 valence electrons. The number of nitrogens with zero attached hydrogens (tertiary/aromatic N) is 1. The van der Waals surface area contributed by atoms with Gasteiger partial charge in [0, 0.05) is 37.4 Å². The van der Waals surface area contributed by atoms with Crippen molar-refractivity contribution in [1.82, 2.24) is 10.2 Å². The average molecular weight is 615 g/mol. The Balaban J connectivity index is 1.81. The van der Waals surface area contributed by atoms with Crippen molar-refractivity contribution < 1.29 is 52.0 Å². The van der Waals surface area contributed by atoms with Gasteiger partial charge in [-0.25, -0.2) is 4.21 Å². The Morgan fingerprint density at radius 3 is 2.79 bits per heavy atom. The van der Waals surface area contributed by atoms with Crippen molar-refractivity contribution in [3.8, 4) is 5.75 Å². The van der Waals surface area contributed by atoms with Gasteiger partial charge in [0.2, 0.25) is 12.2 Å². The first-order chi connectivity index (χ1) is 20.2. The highest BCUT2D eigenvalue weighted by Gasteiger charge is 2.30. The molecule has 0 aromatic heterocycles. The summed E-state index contributed by atoms with van der Waals surface area (Å²) in [6.07, 6.45) is 2.55. The maximum absolute atomic E-state index is 12.5. The van der Waals surface area contributed by atoms with Crippen LogP contribution in [0.2, 0.25) is 0 Å². The van der Waals surface area contributed by atoms with Gasteiger partial charge in [0.25, 0.3) is 6.47 Å². The Morgan fingerprint density at radius 1 is 1.26 bits per heavy atom. The number of ether oxygens (including phenoxy) is 4. The molecular formula is C28H42N2O11S. The first-order valence-corrected chi connectivity index (χ1v) is 15.2. The van der Waals surface area contributed by atoms with Gasteiger partial charge in [-0.05, 0) is 44.4 Å². The summed E-state index contributed by atoms with van der Waals surface area (Å²) >= 11 is -1.94. The topological polar surface area (TPSA) is 178 Å². The van der Waals surface area contributed by atoms with Crippen LogP contribution in [0.3, 0.4) is 0 Å². The summed E-state index contributed by atoms with van der Waals surface area (Å²) in [5.41, 5.74) is 1.58. The number of amides is 1. The van der Waals surface area contributed by atoms with Crippen molar-refractivity contribution in [2.45, 2.75) is 76.1 Å². The summed E-state index contributed by atoms with van der Waals surface area (Å²) in [7, 11) is 1.77. The molecule has 0 bridgehead atoms. The van der Waals surface area contributed by atoms with Crippen LogP contribution in [0.5, 0.6) is 5.75 Å². The zero-order valence-corrected chi connectivity index (χ0v) is 24.7. The molecule has 4 unspecified atom stereocenters. The number of carbonyl (C=O) groups is 4. The lowest BCUT2D eigenvalue weighted by Gasteiger charge is -2.31. The standard InChI is InChI=1S/C28H42N2O11S/c1-30(23(6-4-10-31)19-38-11-12-42(36)37)16-27(35)29-9-3-2-5-21-7-8-22(18-39-20-33)26(13-21)41-28-15-24(34)14-25(17-32)40-28/h7-8,10,13,17,20,23-25,28,34H,2-6,9,11-12,14-16,18-19H2,1H3,(H,29,35)(H,36,37)/t23-,24?,25?,28?/m0/s1. The van der Waals surface area contributed by atoms with E-state index in [2.05, 4.69) is 5.32 Å². The minimum Gasteiger partial charge on any atom is -0.464 e. The molecule has 3 N–H and O–H groups in total. The Labute approximate surface area is 248 Å². The van der Waals surface area contributed by atoms with Gasteiger partial charge >= 0.3 is 0 Å². The zero-order valence-electron chi connectivity index (χ0n) is 23.9. The number of hydrogen-bond donors (Lipinski definition) is 3. The Hall–Kier alpha value is -2.75. The summed E-state index contributed by atoms with van der Waals surface area (Å²) < 4.78 is 41.5. The second-order valence-corrected chi connectivity index (χ2v) is 11.1. The van der Waals surface area contributed by atoms with Gasteiger partial charge in [0.15, 0.2) is 11.1 Å². The number of aryl methyl sites for hydroxylation is 1. The number of rotatable bonds is 22. The largest absolute Gasteiger partial charge is 0.464 e. The predicted molar refractivity (Wildman–Crippen MR) is 152 cm³/mol. The second-order valence-electron chi connectivity index (χ2n) is 10.1. The van der Waals surface area contributed by atoms with Gasteiger partial charge < -0.3 is 43.5 Å². The molecule has 2 rings (SSSR count). The summed E-state index contributed by atoms with van der Waals surface area (Å²) in [6, 6.07) is 5.32. The summed E-state index contributed by atoms with van der Waals surface area (Å²) in [4.78, 5) is 46.9. The van der Waals surface area contributed by atoms with Crippen molar-refractivity contribution in [2.24, 2.45) is 0 Å². The number of aliphatic hydroxyl groups excluding tert-OH is 1. The third-order valence-electron chi connectivity index (χ3n) is 6.71. The third-order valence-corrected chi connectivity index (χ3v) is 7.22. The number of carbonyl (C=O) groups excluding carboxylic acids is 4. The fourth-order valence-electron chi connectivity index (χ4n) is 4.44. The summed E-state index contributed by atoms with van der Waals surface area (Å²) in [5.74, 6) is 0.272. The Bertz CT molecular complexity index is 1010. The molecule has 0 spiro atoms. The van der Waals surface area contributed by atoms with Gasteiger partial charge in [0.1, 0.15) is 31.0 Å². The van der Waals surface area contributed by atoms with Crippen molar-refractivity contribution in [3.05, 3.63) is 29.3 Å². The molecule has 1 fully saturated rings. The van der Waals surface area contributed by atoms with E-state index in [1.54, 1.807) is 18.0 Å². The number of benzene rings is 1. The highest BCUT2D eigenvalue weighted by Crippen LogP contribution is 2.27. The smallest absolute Gasteiger partial charge is 0.293 e. The molecule has 1 heterocycles. The second kappa shape index (κ2) is 20.2. The van der Waals surface area contributed by atoms with Crippen LogP contribution < -0.4 is 10.1 Å². The maximum atomic E-state index is 12.5. The van der Waals surface area contributed by atoms with Crippen LogP contribution in [0, 0.1) is 0 Å². The van der Waals surface area contributed by atoms with E-state index in [0.29, 0.717) is 49.9 Å². The molecule has 1 aromatic rings. The van der Waals surface area contributed by atoms with E-state index < -0.39 is 29.6 Å². The molecule has 13 nitrogen and oxygen atoms in total. The molecule has 0 radical (unpaired) electrons. The lowest BCUT2D eigenvalue weighted by atomic mass is 10.0. The van der Waals surface area contributed by atoms with E-state index >= 15 is 0 Å². The van der Waals surface area contributed by atoms with E-state index in [4.69, 9.17) is 23.5 Å². The average Bonchev–Trinajstić information content (AvgIpc) is 2.95. The number of unbranched alkanes of at least 4 members (excludes halogenated alkanes) is 1. The van der Waals surface area contributed by atoms with Gasteiger partial charge in [-0.3, -0.25) is 14.5 Å². The number of nitrogens with one attached hydrogen (secondary N) is 1. The molecule has 42 heavy (non-hydrogen) atoms. The van der Waals surface area contributed by atoms with E-state index in [9.17, 15) is 28.5 Å². The molecule has 1 aliphatic heterocycles. The normalized spacial score (nSPS) is 20.0. The van der Waals surface area contributed by atoms with Crippen molar-refractivity contribution in [2.75, 3.05) is 39.1 Å². The molecule has 0 aliphatic carbocycles. The number of likely N-dealkylation sites (N-methyl/N-ethyl adjacent to an activating group) is 1. The number of hydrogen-bond acceptors (Lipinski definition) is 11. The van der Waals surface area contributed by atoms with Crippen LogP contribution in [0.1, 0.15) is 49.7 Å². The minimum atomic E-state index is -1.94. The van der Waals surface area contributed by atoms with Crippen molar-refractivity contribution in [3.63, 3.8) is 0 Å². The highest BCUT2D eigenvalue weighted by molar-refractivity contribution is 7.79. The number of aldehydes is 2. The van der Waals surface area contributed by atoms with Crippen molar-refractivity contribution >= 4 is 36.0 Å². The molecule has 0 saturated carbocycles. The molecule has 5 atom stereocenters. The first-order valence-electron chi connectivity index (χ1n) is 13.9. The van der Waals surface area contributed by atoms with E-state index in [-0.39, 0.29) is 56.9 Å². The molecule has 1 saturated heterocycles. The highest BCUT2D eigenvalue weighted by atomic mass is 32.2. The van der Waals surface area contributed by atoms with Crippen LogP contribution in [-0.4, -0.2) is 107 Å². The summed E-state index contributed by atoms with van der Waals surface area (Å²) in [5, 5.41) is 12.9. The third kappa shape index (κ3) is 13.9. The van der Waals surface area contributed by atoms with Crippen LogP contribution in [0.4, 0.5) is 0 Å². The maximum Gasteiger partial charge on any atom is 0.293 e. The molecular weight excluding hydrogens is 572 g/mol. The first kappa shape index (κ1) is 35.4. The molecule has 1 amide bonds. The minimum absolute atomic E-state index is 0.00143. The van der Waals surface area contributed by atoms with Crippen LogP contribution in [0.15, 0.2) is 18.2 Å². The molecule has 14 heteroatoms. The quantitative estimate of drug-likeness (QED) is 0.0950. The van der Waals surface area contributed by atoms with E-state index in [0.717, 1.165) is 24.7 Å². The van der Waals surface area contributed by atoms with E-state index in [1.807, 2.05) is 12.1 Å². The Morgan fingerprint density at radius 2 is 2.07 bits per heavy atom. The van der Waals surface area contributed by atoms with Crippen molar-refractivity contribution in [1.29, 1.82) is 0 Å². The fourth-order valence-corrected chi connectivity index (χ4v) is 4.70. The molecule has 1 aliphatic rings. The lowest BCUT2D eigenvalue weighted by Crippen LogP contribution is -2.43. The lowest BCUT2D eigenvalue weighted by molar-refractivity contribution is -0.176. The zero-order chi connectivity index (χ0) is 30.7. The van der Waals surface area contributed by atoms with Crippen LogP contribution >= 0.6 is 0 Å². The van der Waals surface area contributed by atoms with Crippen LogP contribution in [0.25, 0.3) is 0 Å². The van der Waals surface area contributed by atoms with Gasteiger partial charge in [-0.1, -0.05) is 12.1 Å². The Kier molecular flexibility index (Phi) is 17.1. The SMILES string of the molecule is CN(CC(=O)NCCCCc1ccc(COC=O)c(OC2CC(O)CC(C=O)O2)c1)[C@@H](CCC=O)COCCS(=O)O. The van der Waals surface area contributed by atoms with Gasteiger partial charge in [-0.2, -0.15) is 0 Å². The predicted octanol–water partition coefficient (Wildman–Crippen LogP) is 0.760. The monoisotopic (exact) mass is 614 g/mol. The summed E-state index contributed by atoms with van der Waals surface area (Å²) in [6.45, 7) is 1.29. The van der Waals surface area contributed by atoms with Gasteiger partial charge in [-0.15, -0.1) is 0 Å². The van der Waals surface area contributed by atoms with E-state index in [1.165, 1.54) is 0 Å². The van der Waals surface area contributed by atoms with Crippen LogP contribution in [-0.2, 0) is 57.5 Å².